The Bertz CT molecular complexity index is 2800. The molecule has 0 aliphatic carbocycles. The minimum atomic E-state index is -2.01. The third-order valence-corrected chi connectivity index (χ3v) is 15.7. The minimum absolute atomic E-state index is 0.0138. The molecule has 0 saturated carbocycles. The van der Waals surface area contributed by atoms with Crippen molar-refractivity contribution in [2.24, 2.45) is 29.6 Å². The van der Waals surface area contributed by atoms with Gasteiger partial charge in [0.2, 0.25) is 0 Å². The first-order valence-electron chi connectivity index (χ1n) is 24.9. The van der Waals surface area contributed by atoms with Crippen molar-refractivity contribution in [2.45, 2.75) is 132 Å². The molecule has 1 amide bonds. The number of likely N-dealkylation sites (tertiary alicyclic amines) is 1. The highest BCUT2D eigenvalue weighted by molar-refractivity contribution is 6.26. The van der Waals surface area contributed by atoms with Gasteiger partial charge in [0.15, 0.2) is 22.3 Å². The fourth-order valence-electron chi connectivity index (χ4n) is 10.8. The minimum Gasteiger partial charge on any atom is -0.505 e. The van der Waals surface area contributed by atoms with Gasteiger partial charge < -0.3 is 48.1 Å². The lowest BCUT2D eigenvalue weighted by atomic mass is 9.73. The molecule has 9 atom stereocenters. The fraction of sp³-hybridized carbons (Fsp3) is 0.545. The number of benzene rings is 3. The molecule has 4 bridgehead atoms. The first-order chi connectivity index (χ1) is 33.1. The first kappa shape index (κ1) is 52.1. The molecule has 0 radical (unpaired) electrons. The van der Waals surface area contributed by atoms with Crippen molar-refractivity contribution in [3.63, 3.8) is 0 Å². The topological polar surface area (TPSA) is 193 Å². The summed E-state index contributed by atoms with van der Waals surface area (Å²) in [6, 6.07) is 5.67. The lowest BCUT2D eigenvalue weighted by Gasteiger charge is -2.41. The van der Waals surface area contributed by atoms with Gasteiger partial charge >= 0.3 is 11.8 Å². The Kier molecular flexibility index (Phi) is 15.5. The van der Waals surface area contributed by atoms with E-state index in [1.165, 1.54) is 59.8 Å². The van der Waals surface area contributed by atoms with E-state index in [-0.39, 0.29) is 79.3 Å². The smallest absolute Gasteiger partial charge is 0.312 e. The van der Waals surface area contributed by atoms with E-state index in [9.17, 15) is 29.4 Å². The number of hydrogen-bond acceptors (Lipinski definition) is 13. The maximum atomic E-state index is 14.9. The Morgan fingerprint density at radius 2 is 1.67 bits per heavy atom. The molecule has 4 aromatic rings. The van der Waals surface area contributed by atoms with Crippen molar-refractivity contribution >= 4 is 56.3 Å². The molecule has 15 heteroatoms. The predicted octanol–water partition coefficient (Wildman–Crippen LogP) is 9.45. The number of carbonyl (C=O) groups excluding carboxylic acids is 3. The number of aliphatic hydroxyl groups excluding tert-OH is 1. The zero-order chi connectivity index (χ0) is 51.0. The summed E-state index contributed by atoms with van der Waals surface area (Å²) < 4.78 is 38.3. The van der Waals surface area contributed by atoms with E-state index in [2.05, 4.69) is 19.2 Å². The zero-order valence-corrected chi connectivity index (χ0v) is 42.8. The number of anilines is 1. The molecule has 15 nitrogen and oxygen atoms in total. The van der Waals surface area contributed by atoms with Gasteiger partial charge in [-0.2, -0.15) is 0 Å². The van der Waals surface area contributed by atoms with Crippen LogP contribution in [-0.2, 0) is 23.8 Å². The average molecular weight is 967 g/mol. The van der Waals surface area contributed by atoms with Crippen LogP contribution >= 0.6 is 0 Å². The van der Waals surface area contributed by atoms with E-state index in [0.29, 0.717) is 23.9 Å². The van der Waals surface area contributed by atoms with Crippen molar-refractivity contribution in [3.05, 3.63) is 75.7 Å². The third-order valence-electron chi connectivity index (χ3n) is 15.7. The molecule has 1 aromatic heterocycles. The van der Waals surface area contributed by atoms with Crippen molar-refractivity contribution in [1.29, 1.82) is 0 Å². The summed E-state index contributed by atoms with van der Waals surface area (Å²) in [5, 5.41) is 26.3. The number of Topliss-reactive ketones (excluding diaryl/α,β-unsaturated/α-hetero) is 1. The van der Waals surface area contributed by atoms with E-state index >= 15 is 0 Å². The van der Waals surface area contributed by atoms with Gasteiger partial charge in [0.05, 0.1) is 48.6 Å². The standard InChI is InChI=1S/C55H71N3O12/c1-29(2)58(23-15-13-14-16-24-58)25-27-66-38-20-21-39-41(28-38)69-52-45(56-39)42-43-48(61)36(9)51-44(42)53(63)55(11,70-51)67-26-22-40(65-12)35(8)50(68-37(10)59)34(7)32(5)33(6)47(60)30(3)18-17-19-31(4)54(64)57-46(52)49(43)62/h17-22,26,28-30,32-35,40,47,50,60H,13-16,23-25,27H2,1-12H3,(H-,56,57,61,62,63,64)/p+1/b18-17+,26-22+,31-19-/t30-,32+,33-,34+,35+,40-,47-,50-,55-/m0/s1. The van der Waals surface area contributed by atoms with Crippen molar-refractivity contribution in [3.8, 4) is 17.2 Å². The highest BCUT2D eigenvalue weighted by atomic mass is 16.7. The van der Waals surface area contributed by atoms with Crippen LogP contribution in [0.3, 0.4) is 0 Å². The van der Waals surface area contributed by atoms with Crippen LogP contribution in [0, 0.1) is 36.5 Å². The molecule has 70 heavy (non-hydrogen) atoms. The van der Waals surface area contributed by atoms with Crippen LogP contribution in [0.1, 0.15) is 111 Å². The molecule has 3 aliphatic heterocycles. The van der Waals surface area contributed by atoms with E-state index in [0.717, 1.165) is 24.1 Å². The molecule has 4 heterocycles. The number of hydrogen-bond donors (Lipinski definition) is 3. The number of aromatic hydroxyl groups is 1. The second kappa shape index (κ2) is 20.9. The number of carbonyl (C=O) groups is 3. The van der Waals surface area contributed by atoms with Gasteiger partial charge in [-0.15, -0.1) is 0 Å². The van der Waals surface area contributed by atoms with Crippen LogP contribution in [0.25, 0.3) is 33.0 Å². The summed E-state index contributed by atoms with van der Waals surface area (Å²) in [5.74, 6) is -5.35. The second-order valence-electron chi connectivity index (χ2n) is 20.5. The SMILES string of the molecule is CO[C@H]1/C=C/O[C@@]2(C)Oc3c(C)c(=O)c4c(O)c(c5oc6cc(OCC[N+]7(C(C)C)CCCCCC7)ccc6nc5c4c3C2=O)NC(=O)/C(C)=C\C=C\[C@H](C)[C@H](O)[C@@H](C)[C@@H](C)[C@@H](C)[C@H](OC(C)=O)[C@@H]1C. The number of phenolic OH excluding ortho intramolecular Hbond substituents is 1. The van der Waals surface area contributed by atoms with Crippen LogP contribution < -0.4 is 20.2 Å². The van der Waals surface area contributed by atoms with Crippen molar-refractivity contribution in [2.75, 3.05) is 38.7 Å². The third kappa shape index (κ3) is 9.94. The van der Waals surface area contributed by atoms with Crippen molar-refractivity contribution < 1.29 is 57.2 Å². The summed E-state index contributed by atoms with van der Waals surface area (Å²) in [6.45, 7) is 23.6. The highest BCUT2D eigenvalue weighted by Gasteiger charge is 2.50. The Balaban J connectivity index is 1.38. The molecule has 1 saturated heterocycles. The van der Waals surface area contributed by atoms with Crippen LogP contribution in [0.4, 0.5) is 5.69 Å². The number of aliphatic hydroxyl groups is 1. The number of allylic oxidation sites excluding steroid dienone is 2. The average Bonchev–Trinajstić information content (AvgIpc) is 3.43. The number of ether oxygens (including phenoxy) is 5. The number of amides is 1. The molecular weight excluding hydrogens is 895 g/mol. The Hall–Kier alpha value is -5.77. The summed E-state index contributed by atoms with van der Waals surface area (Å²) in [6.07, 6.45) is 10.7. The van der Waals surface area contributed by atoms with Gasteiger partial charge in [-0.05, 0) is 89.3 Å². The molecule has 7 rings (SSSR count). The zero-order valence-electron chi connectivity index (χ0n) is 42.8. The van der Waals surface area contributed by atoms with Gasteiger partial charge in [0.25, 0.3) is 11.7 Å². The Morgan fingerprint density at radius 3 is 2.33 bits per heavy atom. The number of rotatable bonds is 7. The van der Waals surface area contributed by atoms with Crippen molar-refractivity contribution in [1.82, 2.24) is 4.98 Å². The molecule has 1 fully saturated rings. The molecule has 0 spiro atoms. The molecule has 378 valence electrons. The van der Waals surface area contributed by atoms with Gasteiger partial charge in [-0.3, -0.25) is 19.2 Å². The molecule has 3 N–H and O–H groups in total. The maximum Gasteiger partial charge on any atom is 0.312 e. The normalized spacial score (nSPS) is 29.5. The van der Waals surface area contributed by atoms with Gasteiger partial charge in [0.1, 0.15) is 47.5 Å². The van der Waals surface area contributed by atoms with Gasteiger partial charge in [0, 0.05) is 55.4 Å². The van der Waals surface area contributed by atoms with Gasteiger partial charge in [-0.1, -0.05) is 52.8 Å². The van der Waals surface area contributed by atoms with Crippen LogP contribution in [0.2, 0.25) is 0 Å². The fourth-order valence-corrected chi connectivity index (χ4v) is 10.8. The number of aromatic nitrogens is 1. The van der Waals surface area contributed by atoms with E-state index < -0.39 is 58.9 Å². The monoisotopic (exact) mass is 967 g/mol. The summed E-state index contributed by atoms with van der Waals surface area (Å²) >= 11 is 0. The lowest BCUT2D eigenvalue weighted by molar-refractivity contribution is -0.947. The van der Waals surface area contributed by atoms with Crippen LogP contribution in [0.15, 0.2) is 63.6 Å². The summed E-state index contributed by atoms with van der Waals surface area (Å²) in [5.41, 5.74) is -0.162. The Labute approximate surface area is 410 Å². The number of phenols is 1. The number of nitrogens with one attached hydrogen (secondary N) is 1. The number of quaternary nitrogens is 1. The van der Waals surface area contributed by atoms with E-state index in [4.69, 9.17) is 33.1 Å². The highest BCUT2D eigenvalue weighted by Crippen LogP contribution is 2.48. The number of methoxy groups -OCH3 is 1. The molecule has 0 unspecified atom stereocenters. The number of ketones is 1. The largest absolute Gasteiger partial charge is 0.505 e. The lowest BCUT2D eigenvalue weighted by Crippen LogP contribution is -2.55. The Morgan fingerprint density at radius 1 is 0.971 bits per heavy atom. The molecule has 3 aliphatic rings. The number of fused-ring (bicyclic) bond motifs is 2. The van der Waals surface area contributed by atoms with Crippen LogP contribution in [-0.4, -0.2) is 101 Å². The number of nitrogens with zero attached hydrogens (tertiary/aromatic N) is 2. The molecule has 3 aromatic carbocycles. The van der Waals surface area contributed by atoms with E-state index in [1.807, 2.05) is 34.6 Å². The maximum absolute atomic E-state index is 14.9. The summed E-state index contributed by atoms with van der Waals surface area (Å²) in [4.78, 5) is 61.0. The van der Waals surface area contributed by atoms with Gasteiger partial charge in [-0.25, -0.2) is 4.98 Å². The molecular formula is C55H72N3O12+. The van der Waals surface area contributed by atoms with Crippen LogP contribution in [0.5, 0.6) is 17.2 Å². The van der Waals surface area contributed by atoms with E-state index in [1.54, 1.807) is 49.4 Å². The quantitative estimate of drug-likeness (QED) is 0.0522. The predicted molar refractivity (Wildman–Crippen MR) is 269 cm³/mol. The number of esters is 1. The summed E-state index contributed by atoms with van der Waals surface area (Å²) in [7, 11) is 1.51. The first-order valence-corrected chi connectivity index (χ1v) is 24.9. The second-order valence-corrected chi connectivity index (χ2v) is 20.5.